The molecule has 0 saturated heterocycles. The summed E-state index contributed by atoms with van der Waals surface area (Å²) >= 11 is 0. The molecule has 0 amide bonds. The summed E-state index contributed by atoms with van der Waals surface area (Å²) in [6, 6.07) is 46.5. The van der Waals surface area contributed by atoms with Crippen LogP contribution in [-0.4, -0.2) is 86.3 Å². The predicted octanol–water partition coefficient (Wildman–Crippen LogP) is 2.00. The molecule has 0 aromatic heterocycles. The minimum absolute atomic E-state index is 0.196. The highest BCUT2D eigenvalue weighted by molar-refractivity contribution is 6.63. The van der Waals surface area contributed by atoms with E-state index in [1.807, 2.05) is 24.3 Å². The van der Waals surface area contributed by atoms with Gasteiger partial charge in [0.25, 0.3) is 0 Å². The molecule has 1 nitrogen and oxygen atoms in total. The zero-order valence-electron chi connectivity index (χ0n) is 38.5. The normalized spacial score (nSPS) is 14.1. The van der Waals surface area contributed by atoms with E-state index in [1.54, 1.807) is 0 Å². The highest BCUT2D eigenvalue weighted by Crippen LogP contribution is 2.64. The second kappa shape index (κ2) is 14.8. The maximum Gasteiger partial charge on any atom is 0.113 e. The molecule has 3 aliphatic rings. The Hall–Kier alpha value is -6.51. The first kappa shape index (κ1) is 43.5. The van der Waals surface area contributed by atoms with E-state index < -0.39 is 5.41 Å². The molecule has 70 heavy (non-hydrogen) atoms. The van der Waals surface area contributed by atoms with Crippen molar-refractivity contribution in [3.05, 3.63) is 167 Å². The molecule has 0 N–H and O–H groups in total. The molecule has 0 fully saturated rings. The molecule has 0 aliphatic heterocycles. The van der Waals surface area contributed by atoms with Gasteiger partial charge in [0.05, 0.1) is 11.1 Å². The highest BCUT2D eigenvalue weighted by Gasteiger charge is 2.55. The van der Waals surface area contributed by atoms with Crippen molar-refractivity contribution in [1.82, 2.24) is 0 Å². The first-order chi connectivity index (χ1) is 33.6. The smallest absolute Gasteiger partial charge is 0.113 e. The summed E-state index contributed by atoms with van der Waals surface area (Å²) in [7, 11) is 76.9. The fraction of sp³-hybridized carbons (Fsp3) is 0.0690. The van der Waals surface area contributed by atoms with Crippen molar-refractivity contribution in [2.75, 3.05) is 4.90 Å². The lowest BCUT2D eigenvalue weighted by atomic mass is 9.62. The molecule has 298 valence electrons. The van der Waals surface area contributed by atoms with Crippen LogP contribution in [0.5, 0.6) is 0 Å². The van der Waals surface area contributed by atoms with Crippen molar-refractivity contribution in [3.8, 4) is 33.4 Å². The maximum atomic E-state index is 7.35. The summed E-state index contributed by atoms with van der Waals surface area (Å²) in [6.07, 6.45) is 0. The summed E-state index contributed by atoms with van der Waals surface area (Å²) < 4.78 is 0. The van der Waals surface area contributed by atoms with Gasteiger partial charge in [0.15, 0.2) is 0 Å². The summed E-state index contributed by atoms with van der Waals surface area (Å²) in [4.78, 5) is 2.26. The van der Waals surface area contributed by atoms with E-state index in [-0.39, 0.29) is 60.0 Å². The van der Waals surface area contributed by atoms with Gasteiger partial charge in [-0.05, 0) is 124 Å². The minimum Gasteiger partial charge on any atom is -0.310 e. The first-order valence-corrected chi connectivity index (χ1v) is 23.1. The van der Waals surface area contributed by atoms with Crippen molar-refractivity contribution in [1.29, 1.82) is 0 Å². The van der Waals surface area contributed by atoms with Crippen molar-refractivity contribution in [2.45, 2.75) is 24.7 Å². The number of rotatable bonds is 3. The molecule has 3 aliphatic carbocycles. The second-order valence-electron chi connectivity index (χ2n) is 19.6. The van der Waals surface area contributed by atoms with Gasteiger partial charge >= 0.3 is 0 Å². The number of benzene rings is 10. The van der Waals surface area contributed by atoms with Gasteiger partial charge in [0, 0.05) is 22.4 Å². The Morgan fingerprint density at radius 1 is 0.329 bits per heavy atom. The molecule has 10 aromatic carbocycles. The van der Waals surface area contributed by atoms with Crippen LogP contribution in [0.15, 0.2) is 133 Å². The van der Waals surface area contributed by atoms with E-state index in [1.165, 1.54) is 22.1 Å². The Kier molecular flexibility index (Phi) is 9.18. The number of nitrogens with zero attached hydrogens (tertiary/aromatic N) is 1. The zero-order chi connectivity index (χ0) is 48.6. The molecule has 0 unspecified atom stereocenters. The third kappa shape index (κ3) is 5.38. The Balaban J connectivity index is 1.23. The van der Waals surface area contributed by atoms with Crippen LogP contribution < -0.4 is 65.0 Å². The molecule has 0 heterocycles. The van der Waals surface area contributed by atoms with Gasteiger partial charge in [0.1, 0.15) is 86.3 Å². The average molecular weight is 858 g/mol. The highest BCUT2D eigenvalue weighted by atomic mass is 15.1. The number of hydrogen-bond acceptors (Lipinski definition) is 1. The zero-order valence-corrected chi connectivity index (χ0v) is 38.5. The SMILES string of the molecule is [B]c1cc2c(c([B])c1[B])-c1c(cc([B])c([B])c1[B])C21c2cc([B])c([B])c([B])c2-c2c([B])c([B])cc(N(c3ccc4c(c3)C(C)(C)c3ccccc3-4)c3ccc4c5ccccc5c5ccccc5c4c3)c21. The maximum absolute atomic E-state index is 7.35. The Morgan fingerprint density at radius 3 is 1.29 bits per heavy atom. The topological polar surface area (TPSA) is 3.24 Å². The average Bonchev–Trinajstić information content (AvgIpc) is 3.91. The molecule has 12 heteroatoms. The molecular formula is C58H28B11N. The van der Waals surface area contributed by atoms with Gasteiger partial charge in [-0.15, -0.1) is 38.2 Å². The van der Waals surface area contributed by atoms with Crippen LogP contribution in [0.3, 0.4) is 0 Å². The van der Waals surface area contributed by atoms with E-state index in [0.717, 1.165) is 43.9 Å². The Morgan fingerprint density at radius 2 is 0.743 bits per heavy atom. The predicted molar refractivity (Wildman–Crippen MR) is 307 cm³/mol. The first-order valence-electron chi connectivity index (χ1n) is 23.1. The molecule has 22 radical (unpaired) electrons. The number of anilines is 3. The molecule has 0 bridgehead atoms. The lowest BCUT2D eigenvalue weighted by molar-refractivity contribution is 0.660. The van der Waals surface area contributed by atoms with Gasteiger partial charge in [-0.3, -0.25) is 0 Å². The number of hydrogen-bond donors (Lipinski definition) is 0. The minimum atomic E-state index is -1.38. The third-order valence-corrected chi connectivity index (χ3v) is 15.8. The monoisotopic (exact) mass is 859 g/mol. The van der Waals surface area contributed by atoms with Crippen molar-refractivity contribution in [2.24, 2.45) is 0 Å². The summed E-state index contributed by atoms with van der Waals surface area (Å²) in [6.45, 7) is 4.54. The van der Waals surface area contributed by atoms with Crippen LogP contribution in [0.4, 0.5) is 17.1 Å². The Labute approximate surface area is 423 Å². The summed E-state index contributed by atoms with van der Waals surface area (Å²) in [5.74, 6) is 0. The van der Waals surface area contributed by atoms with Crippen LogP contribution in [0.25, 0.3) is 65.7 Å². The van der Waals surface area contributed by atoms with Crippen molar-refractivity contribution < 1.29 is 0 Å². The van der Waals surface area contributed by atoms with Crippen LogP contribution in [0, 0.1) is 0 Å². The van der Waals surface area contributed by atoms with Gasteiger partial charge in [-0.25, -0.2) is 0 Å². The van der Waals surface area contributed by atoms with Gasteiger partial charge in [0.2, 0.25) is 0 Å². The lowest BCUT2D eigenvalue weighted by Gasteiger charge is -2.38. The molecule has 13 rings (SSSR count). The van der Waals surface area contributed by atoms with Crippen LogP contribution in [-0.2, 0) is 10.8 Å². The molecule has 1 spiro atoms. The van der Waals surface area contributed by atoms with Crippen LogP contribution >= 0.6 is 0 Å². The molecule has 0 atom stereocenters. The van der Waals surface area contributed by atoms with Gasteiger partial charge < -0.3 is 4.90 Å². The fourth-order valence-corrected chi connectivity index (χ4v) is 12.6. The van der Waals surface area contributed by atoms with E-state index in [2.05, 4.69) is 128 Å². The van der Waals surface area contributed by atoms with Gasteiger partial charge in [-0.1, -0.05) is 139 Å². The van der Waals surface area contributed by atoms with E-state index >= 15 is 0 Å². The quantitative estimate of drug-likeness (QED) is 0.195. The fourth-order valence-electron chi connectivity index (χ4n) is 12.6. The van der Waals surface area contributed by atoms with Crippen LogP contribution in [0.2, 0.25) is 0 Å². The standard InChI is InChI=1S/C58H28B11N/c1-57(2)35-14-8-7-13-32(35)33-18-16-26(20-36(33)57)70(25-15-17-31-29-11-4-3-9-27(29)28-10-5-6-12-30(28)34(31)19-25)44-24-43(62)50(63)48-47-39(23-42(61)53(66)56(47)69)58(49(44)48)37-21-40(59)51(64)54(67)45(37)46-38(58)22-41(60)52(65)55(46)68/h3-24H,1-2H3. The summed E-state index contributed by atoms with van der Waals surface area (Å²) in [5.41, 5.74) is 12.9. The molecule has 0 saturated carbocycles. The van der Waals surface area contributed by atoms with Crippen molar-refractivity contribution >= 4 is 196 Å². The molecular weight excluding hydrogens is 830 g/mol. The van der Waals surface area contributed by atoms with Crippen LogP contribution in [0.1, 0.15) is 47.2 Å². The summed E-state index contributed by atoms with van der Waals surface area (Å²) in [5, 5.41) is 6.75. The van der Waals surface area contributed by atoms with E-state index in [0.29, 0.717) is 55.7 Å². The second-order valence-corrected chi connectivity index (χ2v) is 19.6. The lowest BCUT2D eigenvalue weighted by Crippen LogP contribution is -2.43. The van der Waals surface area contributed by atoms with Gasteiger partial charge in [-0.2, -0.15) is 0 Å². The number of fused-ring (bicyclic) bond motifs is 19. The molecule has 10 aromatic rings. The largest absolute Gasteiger partial charge is 0.310 e. The third-order valence-electron chi connectivity index (χ3n) is 15.8. The van der Waals surface area contributed by atoms with E-state index in [4.69, 9.17) is 86.3 Å². The van der Waals surface area contributed by atoms with Crippen molar-refractivity contribution in [3.63, 3.8) is 0 Å². The Bertz CT molecular complexity index is 3960. The van der Waals surface area contributed by atoms with E-state index in [9.17, 15) is 0 Å².